The van der Waals surface area contributed by atoms with E-state index < -0.39 is 0 Å². The smallest absolute Gasteiger partial charge is 0.0468 e. The van der Waals surface area contributed by atoms with Crippen molar-refractivity contribution in [3.8, 4) is 22.3 Å². The van der Waals surface area contributed by atoms with E-state index in [1.807, 2.05) is 0 Å². The molecule has 2 nitrogen and oxygen atoms in total. The molecule has 9 aromatic carbocycles. The molecule has 0 bridgehead atoms. The summed E-state index contributed by atoms with van der Waals surface area (Å²) < 4.78 is 0. The summed E-state index contributed by atoms with van der Waals surface area (Å²) in [5.41, 5.74) is 17.5. The Bertz CT molecular complexity index is 2920. The molecule has 0 unspecified atom stereocenters. The fourth-order valence-corrected chi connectivity index (χ4v) is 11.5. The van der Waals surface area contributed by atoms with Crippen LogP contribution in [0.25, 0.3) is 43.8 Å². The predicted octanol–water partition coefficient (Wildman–Crippen LogP) is 19.8. The third-order valence-corrected chi connectivity index (χ3v) is 15.3. The first kappa shape index (κ1) is 43.7. The van der Waals surface area contributed by atoms with Crippen molar-refractivity contribution in [2.75, 3.05) is 9.80 Å². The number of nitrogens with zero attached hydrogens (tertiary/aromatic N) is 2. The Morgan fingerprint density at radius 1 is 0.324 bits per heavy atom. The van der Waals surface area contributed by atoms with Crippen molar-refractivity contribution in [1.82, 2.24) is 0 Å². The first-order valence-corrected chi connectivity index (χ1v) is 25.5. The molecule has 68 heavy (non-hydrogen) atoms. The van der Waals surface area contributed by atoms with Gasteiger partial charge in [0.2, 0.25) is 0 Å². The maximum atomic E-state index is 2.47. The SMILES string of the molecule is CC(C)c1ccc(N(c2ccc(C3CCCC3)cc2)c2ccc3c(-c4ccccc4)c4cc(N(c5ccc(C(C)C)cc5)c5ccc(C6CCCC6)cc5)ccc4c(-c4ccccc4)c3c2)cc1. The molecule has 11 rings (SSSR count). The molecule has 2 aliphatic carbocycles. The highest BCUT2D eigenvalue weighted by atomic mass is 15.1. The lowest BCUT2D eigenvalue weighted by Crippen LogP contribution is -2.11. The van der Waals surface area contributed by atoms with Crippen molar-refractivity contribution >= 4 is 55.7 Å². The summed E-state index contributed by atoms with van der Waals surface area (Å²) in [5, 5.41) is 4.96. The Labute approximate surface area is 404 Å². The molecule has 0 aromatic heterocycles. The second kappa shape index (κ2) is 19.0. The largest absolute Gasteiger partial charge is 0.310 e. The van der Waals surface area contributed by atoms with Crippen molar-refractivity contribution in [3.05, 3.63) is 216 Å². The van der Waals surface area contributed by atoms with Gasteiger partial charge in [0, 0.05) is 34.1 Å². The Morgan fingerprint density at radius 3 is 0.956 bits per heavy atom. The van der Waals surface area contributed by atoms with E-state index in [0.29, 0.717) is 23.7 Å². The summed E-state index contributed by atoms with van der Waals surface area (Å²) in [7, 11) is 0. The lowest BCUT2D eigenvalue weighted by molar-refractivity contribution is 0.723. The molecule has 0 N–H and O–H groups in total. The molecular weight excluding hydrogens is 821 g/mol. The Balaban J connectivity index is 1.14. The molecule has 0 heterocycles. The molecule has 0 spiro atoms. The van der Waals surface area contributed by atoms with Crippen LogP contribution >= 0.6 is 0 Å². The zero-order valence-corrected chi connectivity index (χ0v) is 40.3. The van der Waals surface area contributed by atoms with Crippen LogP contribution in [0, 0.1) is 0 Å². The van der Waals surface area contributed by atoms with Crippen LogP contribution in [0.1, 0.15) is 125 Å². The number of fused-ring (bicyclic) bond motifs is 2. The van der Waals surface area contributed by atoms with Crippen molar-refractivity contribution < 1.29 is 0 Å². The molecular formula is C66H64N2. The molecule has 2 heteroatoms. The average molecular weight is 885 g/mol. The number of anilines is 6. The van der Waals surface area contributed by atoms with Gasteiger partial charge in [0.25, 0.3) is 0 Å². The first-order chi connectivity index (χ1) is 33.4. The highest BCUT2D eigenvalue weighted by Gasteiger charge is 2.24. The van der Waals surface area contributed by atoms with Gasteiger partial charge in [-0.2, -0.15) is 0 Å². The zero-order chi connectivity index (χ0) is 46.1. The van der Waals surface area contributed by atoms with Gasteiger partial charge in [0.1, 0.15) is 0 Å². The van der Waals surface area contributed by atoms with Crippen LogP contribution in [0.3, 0.4) is 0 Å². The van der Waals surface area contributed by atoms with Crippen LogP contribution in [0.2, 0.25) is 0 Å². The van der Waals surface area contributed by atoms with Crippen LogP contribution < -0.4 is 9.80 Å². The molecule has 9 aromatic rings. The van der Waals surface area contributed by atoms with Crippen molar-refractivity contribution in [1.29, 1.82) is 0 Å². The van der Waals surface area contributed by atoms with Gasteiger partial charge < -0.3 is 9.80 Å². The molecule has 0 aliphatic heterocycles. The Hall–Kier alpha value is -6.90. The molecule has 338 valence electrons. The fourth-order valence-electron chi connectivity index (χ4n) is 11.5. The first-order valence-electron chi connectivity index (χ1n) is 25.5. The normalized spacial score (nSPS) is 14.4. The molecule has 2 fully saturated rings. The number of rotatable bonds is 12. The third kappa shape index (κ3) is 8.51. The topological polar surface area (TPSA) is 6.48 Å². The van der Waals surface area contributed by atoms with E-state index in [-0.39, 0.29) is 0 Å². The van der Waals surface area contributed by atoms with Crippen LogP contribution in [-0.4, -0.2) is 0 Å². The monoisotopic (exact) mass is 885 g/mol. The van der Waals surface area contributed by atoms with E-state index in [2.05, 4.69) is 232 Å². The zero-order valence-electron chi connectivity index (χ0n) is 40.3. The summed E-state index contributed by atoms with van der Waals surface area (Å²) in [6.07, 6.45) is 10.5. The van der Waals surface area contributed by atoms with Crippen molar-refractivity contribution in [2.45, 2.75) is 103 Å². The standard InChI is InChI=1S/C66H64N2/c1-45(2)47-23-31-55(32-24-47)67(57-35-27-51(28-36-57)49-15-11-12-16-49)59-39-41-61-63(43-59)65(53-19-7-5-8-20-53)62-42-40-60(44-64(62)66(61)54-21-9-6-10-22-54)68(56-33-25-48(26-34-56)46(3)4)58-37-29-52(30-38-58)50-17-13-14-18-50/h5-10,19-46,49-50H,11-18H2,1-4H3. The maximum absolute atomic E-state index is 2.47. The number of hydrogen-bond acceptors (Lipinski definition) is 2. The molecule has 0 atom stereocenters. The second-order valence-corrected chi connectivity index (χ2v) is 20.3. The van der Waals surface area contributed by atoms with E-state index in [1.54, 1.807) is 0 Å². The Kier molecular flexibility index (Phi) is 12.2. The second-order valence-electron chi connectivity index (χ2n) is 20.3. The van der Waals surface area contributed by atoms with Crippen LogP contribution in [0.15, 0.2) is 194 Å². The van der Waals surface area contributed by atoms with Crippen LogP contribution in [0.5, 0.6) is 0 Å². The minimum absolute atomic E-state index is 0.460. The quantitative estimate of drug-likeness (QED) is 0.113. The molecule has 2 saturated carbocycles. The summed E-state index contributed by atoms with van der Waals surface area (Å²) in [6.45, 7) is 9.10. The van der Waals surface area contributed by atoms with Gasteiger partial charge in [0.05, 0.1) is 0 Å². The lowest BCUT2D eigenvalue weighted by Gasteiger charge is -2.29. The molecule has 0 amide bonds. The molecule has 0 radical (unpaired) electrons. The number of benzene rings is 9. The minimum atomic E-state index is 0.460. The fraction of sp³-hybridized carbons (Fsp3) is 0.242. The van der Waals surface area contributed by atoms with Gasteiger partial charge in [-0.3, -0.25) is 0 Å². The summed E-state index contributed by atoms with van der Waals surface area (Å²) in [6, 6.07) is 74.0. The lowest BCUT2D eigenvalue weighted by atomic mass is 9.85. The van der Waals surface area contributed by atoms with Gasteiger partial charge in [-0.25, -0.2) is 0 Å². The van der Waals surface area contributed by atoms with E-state index in [0.717, 1.165) is 22.7 Å². The highest BCUT2D eigenvalue weighted by molar-refractivity contribution is 6.22. The van der Waals surface area contributed by atoms with Gasteiger partial charge in [-0.1, -0.05) is 175 Å². The average Bonchev–Trinajstić information content (AvgIpc) is 4.14. The van der Waals surface area contributed by atoms with Crippen LogP contribution in [-0.2, 0) is 0 Å². The summed E-state index contributed by atoms with van der Waals surface area (Å²) in [5.74, 6) is 2.26. The van der Waals surface area contributed by atoms with Gasteiger partial charge >= 0.3 is 0 Å². The van der Waals surface area contributed by atoms with E-state index in [1.165, 1.54) is 129 Å². The van der Waals surface area contributed by atoms with Gasteiger partial charge in [-0.05, 0) is 188 Å². The van der Waals surface area contributed by atoms with Crippen molar-refractivity contribution in [3.63, 3.8) is 0 Å². The highest BCUT2D eigenvalue weighted by Crippen LogP contribution is 2.49. The van der Waals surface area contributed by atoms with Crippen molar-refractivity contribution in [2.24, 2.45) is 0 Å². The van der Waals surface area contributed by atoms with E-state index in [4.69, 9.17) is 0 Å². The predicted molar refractivity (Wildman–Crippen MR) is 292 cm³/mol. The summed E-state index contributed by atoms with van der Waals surface area (Å²) in [4.78, 5) is 4.93. The van der Waals surface area contributed by atoms with Gasteiger partial charge in [-0.15, -0.1) is 0 Å². The molecule has 2 aliphatic rings. The van der Waals surface area contributed by atoms with Gasteiger partial charge in [0.15, 0.2) is 0 Å². The number of hydrogen-bond donors (Lipinski definition) is 0. The summed E-state index contributed by atoms with van der Waals surface area (Å²) >= 11 is 0. The maximum Gasteiger partial charge on any atom is 0.0468 e. The minimum Gasteiger partial charge on any atom is -0.310 e. The van der Waals surface area contributed by atoms with E-state index >= 15 is 0 Å². The van der Waals surface area contributed by atoms with Crippen LogP contribution in [0.4, 0.5) is 34.1 Å². The molecule has 0 saturated heterocycles. The van der Waals surface area contributed by atoms with E-state index in [9.17, 15) is 0 Å². The third-order valence-electron chi connectivity index (χ3n) is 15.3. The Morgan fingerprint density at radius 2 is 0.632 bits per heavy atom.